The fraction of sp³-hybridized carbons (Fsp3) is 0.440. The Hall–Kier alpha value is -3.55. The van der Waals surface area contributed by atoms with E-state index in [-0.39, 0.29) is 54.5 Å². The van der Waals surface area contributed by atoms with Crippen molar-refractivity contribution in [1.82, 2.24) is 25.0 Å². The third kappa shape index (κ3) is 5.47. The van der Waals surface area contributed by atoms with E-state index in [1.807, 2.05) is 0 Å². The quantitative estimate of drug-likeness (QED) is 0.355. The van der Waals surface area contributed by atoms with Crippen LogP contribution in [0.4, 0.5) is 8.78 Å². The standard InChI is InChI=1S/C25H27F2N5O6.ClH/c1-28-9-20(33)37-13-38-23-21-25(36)32-10-16-3-2-6-31(16)19(32)12-30(21)11-17(22(23)34)24(35)29-8-14-4-5-15(26)7-18(14)27;/h4-5,7,11,16,19,28H,2-3,6,8-10,12-13H2,1H3,(H,29,35);1H/t16-,19+;/m1./s1. The maximum atomic E-state index is 14.0. The molecule has 3 aliphatic rings. The van der Waals surface area contributed by atoms with Crippen LogP contribution in [0.5, 0.6) is 5.75 Å². The second-order valence-corrected chi connectivity index (χ2v) is 9.40. The van der Waals surface area contributed by atoms with Crippen LogP contribution in [-0.2, 0) is 22.6 Å². The van der Waals surface area contributed by atoms with Gasteiger partial charge in [0.15, 0.2) is 5.69 Å². The molecule has 0 unspecified atom stereocenters. The molecule has 1 aromatic heterocycles. The van der Waals surface area contributed by atoms with Gasteiger partial charge in [0.25, 0.3) is 11.8 Å². The summed E-state index contributed by atoms with van der Waals surface area (Å²) in [6, 6.07) is 3.18. The SMILES string of the molecule is CNCC(=O)OCOc1c2n(cc(C(=O)NCc3ccc(F)cc3F)c1=O)C[C@@H]1N(C[C@H]3CCCN31)C2=O.Cl. The van der Waals surface area contributed by atoms with Gasteiger partial charge in [-0.25, -0.2) is 8.78 Å². The molecule has 3 aliphatic heterocycles. The van der Waals surface area contributed by atoms with E-state index in [0.29, 0.717) is 19.2 Å². The maximum Gasteiger partial charge on any atom is 0.322 e. The largest absolute Gasteiger partial charge is 0.451 e. The van der Waals surface area contributed by atoms with Crippen LogP contribution in [0.15, 0.2) is 29.2 Å². The summed E-state index contributed by atoms with van der Waals surface area (Å²) in [5.74, 6) is -3.88. The average Bonchev–Trinajstić information content (AvgIpc) is 3.47. The van der Waals surface area contributed by atoms with Gasteiger partial charge < -0.3 is 29.6 Å². The van der Waals surface area contributed by atoms with Gasteiger partial charge in [0.05, 0.1) is 13.1 Å². The molecule has 1 aromatic carbocycles. The van der Waals surface area contributed by atoms with Crippen molar-refractivity contribution in [3.05, 3.63) is 63.1 Å². The molecule has 11 nitrogen and oxygen atoms in total. The van der Waals surface area contributed by atoms with Crippen molar-refractivity contribution >= 4 is 30.2 Å². The predicted molar refractivity (Wildman–Crippen MR) is 136 cm³/mol. The summed E-state index contributed by atoms with van der Waals surface area (Å²) >= 11 is 0. The lowest BCUT2D eigenvalue weighted by molar-refractivity contribution is -0.149. The summed E-state index contributed by atoms with van der Waals surface area (Å²) in [6.45, 7) is 0.652. The fourth-order valence-corrected chi connectivity index (χ4v) is 5.29. The molecule has 0 aliphatic carbocycles. The molecule has 2 fully saturated rings. The second-order valence-electron chi connectivity index (χ2n) is 9.40. The monoisotopic (exact) mass is 567 g/mol. The lowest BCUT2D eigenvalue weighted by Gasteiger charge is -2.36. The van der Waals surface area contributed by atoms with Crippen LogP contribution in [0.3, 0.4) is 0 Å². The van der Waals surface area contributed by atoms with E-state index >= 15 is 0 Å². The molecule has 2 aromatic rings. The predicted octanol–water partition coefficient (Wildman–Crippen LogP) is 0.837. The van der Waals surface area contributed by atoms with Crippen molar-refractivity contribution in [2.45, 2.75) is 38.1 Å². The Morgan fingerprint density at radius 2 is 1.97 bits per heavy atom. The third-order valence-corrected chi connectivity index (χ3v) is 7.08. The first-order valence-corrected chi connectivity index (χ1v) is 12.3. The van der Waals surface area contributed by atoms with Gasteiger partial charge in [-0.05, 0) is 26.0 Å². The Balaban J connectivity index is 0.00000353. The summed E-state index contributed by atoms with van der Waals surface area (Å²) in [6.07, 6.45) is 3.06. The first-order valence-electron chi connectivity index (χ1n) is 12.3. The zero-order valence-corrected chi connectivity index (χ0v) is 21.9. The number of benzene rings is 1. The van der Waals surface area contributed by atoms with Crippen molar-refractivity contribution < 1.29 is 32.6 Å². The lowest BCUT2D eigenvalue weighted by atomic mass is 10.1. The number of hydrogen-bond acceptors (Lipinski definition) is 8. The molecular weight excluding hydrogens is 540 g/mol. The van der Waals surface area contributed by atoms with Gasteiger partial charge in [-0.2, -0.15) is 0 Å². The van der Waals surface area contributed by atoms with E-state index in [9.17, 15) is 28.0 Å². The summed E-state index contributed by atoms with van der Waals surface area (Å²) in [4.78, 5) is 55.6. The van der Waals surface area contributed by atoms with E-state index in [0.717, 1.165) is 25.5 Å². The number of hydrogen-bond donors (Lipinski definition) is 2. The zero-order chi connectivity index (χ0) is 27.0. The van der Waals surface area contributed by atoms with E-state index in [1.165, 1.54) is 16.8 Å². The van der Waals surface area contributed by atoms with Crippen molar-refractivity contribution in [1.29, 1.82) is 0 Å². The molecule has 2 amide bonds. The topological polar surface area (TPSA) is 122 Å². The molecular formula is C25H28ClF2N5O6. The summed E-state index contributed by atoms with van der Waals surface area (Å²) < 4.78 is 39.2. The molecule has 210 valence electrons. The molecule has 0 spiro atoms. The first kappa shape index (κ1) is 28.5. The molecule has 2 saturated heterocycles. The van der Waals surface area contributed by atoms with Crippen molar-refractivity contribution in [2.75, 3.05) is 33.5 Å². The molecule has 0 bridgehead atoms. The molecule has 4 heterocycles. The molecule has 0 saturated carbocycles. The van der Waals surface area contributed by atoms with Crippen LogP contribution in [0, 0.1) is 11.6 Å². The highest BCUT2D eigenvalue weighted by Gasteiger charge is 2.48. The molecule has 2 atom stereocenters. The number of esters is 1. The highest BCUT2D eigenvalue weighted by Crippen LogP contribution is 2.35. The molecule has 2 N–H and O–H groups in total. The van der Waals surface area contributed by atoms with Crippen molar-refractivity contribution in [3.63, 3.8) is 0 Å². The number of pyridine rings is 1. The number of likely N-dealkylation sites (N-methyl/N-ethyl adjacent to an activating group) is 1. The van der Waals surface area contributed by atoms with Gasteiger partial charge in [-0.3, -0.25) is 24.1 Å². The van der Waals surface area contributed by atoms with Gasteiger partial charge in [-0.15, -0.1) is 12.4 Å². The number of carbonyl (C=O) groups excluding carboxylic acids is 3. The smallest absolute Gasteiger partial charge is 0.322 e. The van der Waals surface area contributed by atoms with Gasteiger partial charge in [0, 0.05) is 43.5 Å². The number of nitrogens with one attached hydrogen (secondary N) is 2. The first-order chi connectivity index (χ1) is 18.3. The van der Waals surface area contributed by atoms with Crippen LogP contribution in [0.2, 0.25) is 0 Å². The zero-order valence-electron chi connectivity index (χ0n) is 21.1. The Morgan fingerprint density at radius 3 is 2.72 bits per heavy atom. The number of fused-ring (bicyclic) bond motifs is 4. The van der Waals surface area contributed by atoms with Crippen LogP contribution >= 0.6 is 12.4 Å². The molecule has 39 heavy (non-hydrogen) atoms. The minimum absolute atomic E-state index is 0. The normalized spacial score (nSPS) is 19.6. The number of halogens is 3. The highest BCUT2D eigenvalue weighted by atomic mass is 35.5. The number of ether oxygens (including phenoxy) is 2. The van der Waals surface area contributed by atoms with Crippen LogP contribution < -0.4 is 20.8 Å². The summed E-state index contributed by atoms with van der Waals surface area (Å²) in [5, 5.41) is 5.09. The Labute approximate surface area is 228 Å². The maximum absolute atomic E-state index is 14.0. The van der Waals surface area contributed by atoms with E-state index in [1.54, 1.807) is 11.9 Å². The number of amides is 2. The highest BCUT2D eigenvalue weighted by molar-refractivity contribution is 5.99. The fourth-order valence-electron chi connectivity index (χ4n) is 5.29. The molecule has 5 rings (SSSR count). The number of nitrogens with zero attached hydrogens (tertiary/aromatic N) is 3. The van der Waals surface area contributed by atoms with Crippen LogP contribution in [0.25, 0.3) is 0 Å². The second kappa shape index (κ2) is 11.7. The number of aromatic nitrogens is 1. The molecule has 0 radical (unpaired) electrons. The van der Waals surface area contributed by atoms with E-state index < -0.39 is 47.4 Å². The average molecular weight is 568 g/mol. The Kier molecular flexibility index (Phi) is 8.52. The third-order valence-electron chi connectivity index (χ3n) is 7.08. The van der Waals surface area contributed by atoms with Gasteiger partial charge in [0.1, 0.15) is 23.4 Å². The number of rotatable bonds is 8. The van der Waals surface area contributed by atoms with Crippen LogP contribution in [-0.4, -0.2) is 77.8 Å². The number of carbonyl (C=O) groups is 3. The lowest BCUT2D eigenvalue weighted by Crippen LogP contribution is -2.50. The van der Waals surface area contributed by atoms with Crippen molar-refractivity contribution in [3.8, 4) is 5.75 Å². The Bertz CT molecular complexity index is 1350. The van der Waals surface area contributed by atoms with Gasteiger partial charge in [-0.1, -0.05) is 6.07 Å². The minimum Gasteiger partial charge on any atom is -0.451 e. The summed E-state index contributed by atoms with van der Waals surface area (Å²) in [5.41, 5.74) is -1.20. The Morgan fingerprint density at radius 1 is 1.18 bits per heavy atom. The minimum atomic E-state index is -0.871. The van der Waals surface area contributed by atoms with Gasteiger partial charge >= 0.3 is 5.97 Å². The van der Waals surface area contributed by atoms with Crippen LogP contribution in [0.1, 0.15) is 39.3 Å². The molecule has 14 heteroatoms. The summed E-state index contributed by atoms with van der Waals surface area (Å²) in [7, 11) is 1.56. The van der Waals surface area contributed by atoms with E-state index in [4.69, 9.17) is 9.47 Å². The van der Waals surface area contributed by atoms with E-state index in [2.05, 4.69) is 15.5 Å². The van der Waals surface area contributed by atoms with Gasteiger partial charge in [0.2, 0.25) is 18.0 Å². The van der Waals surface area contributed by atoms with Crippen molar-refractivity contribution in [2.24, 2.45) is 0 Å².